The number of benzene rings is 1. The Bertz CT molecular complexity index is 864. The summed E-state index contributed by atoms with van der Waals surface area (Å²) >= 11 is 5.93. The van der Waals surface area contributed by atoms with Crippen molar-refractivity contribution in [2.24, 2.45) is 5.92 Å². The normalized spacial score (nSPS) is 13.2. The van der Waals surface area contributed by atoms with Crippen molar-refractivity contribution in [3.8, 4) is 0 Å². The van der Waals surface area contributed by atoms with Gasteiger partial charge in [0.2, 0.25) is 0 Å². The van der Waals surface area contributed by atoms with Crippen LogP contribution in [0, 0.1) is 16.0 Å². The van der Waals surface area contributed by atoms with E-state index in [2.05, 4.69) is 23.7 Å². The summed E-state index contributed by atoms with van der Waals surface area (Å²) in [6.07, 6.45) is 3.68. The van der Waals surface area contributed by atoms with Gasteiger partial charge >= 0.3 is 0 Å². The smallest absolute Gasteiger partial charge is 0.289 e. The lowest BCUT2D eigenvalue weighted by Crippen LogP contribution is -2.33. The number of aromatic nitrogens is 1. The fourth-order valence-corrected chi connectivity index (χ4v) is 3.26. The zero-order valence-electron chi connectivity index (χ0n) is 16.0. The van der Waals surface area contributed by atoms with E-state index in [9.17, 15) is 14.9 Å². The van der Waals surface area contributed by atoms with Gasteiger partial charge in [-0.25, -0.2) is 4.98 Å². The van der Waals surface area contributed by atoms with E-state index in [-0.39, 0.29) is 16.6 Å². The van der Waals surface area contributed by atoms with Gasteiger partial charge in [-0.1, -0.05) is 11.6 Å². The van der Waals surface area contributed by atoms with E-state index in [4.69, 9.17) is 11.6 Å². The van der Waals surface area contributed by atoms with Crippen LogP contribution in [0.2, 0.25) is 5.02 Å². The molecule has 1 aliphatic rings. The van der Waals surface area contributed by atoms with Crippen LogP contribution >= 0.6 is 11.6 Å². The van der Waals surface area contributed by atoms with Crippen LogP contribution in [-0.2, 0) is 0 Å². The summed E-state index contributed by atoms with van der Waals surface area (Å²) in [5, 5.41) is 11.3. The molecule has 1 aromatic carbocycles. The van der Waals surface area contributed by atoms with Gasteiger partial charge < -0.3 is 9.80 Å². The Hall–Kier alpha value is -2.67. The van der Waals surface area contributed by atoms with Crippen molar-refractivity contribution in [2.45, 2.75) is 26.7 Å². The van der Waals surface area contributed by atoms with Gasteiger partial charge in [0, 0.05) is 31.9 Å². The summed E-state index contributed by atoms with van der Waals surface area (Å²) < 4.78 is 0. The molecule has 0 bridgehead atoms. The first-order chi connectivity index (χ1) is 13.4. The van der Waals surface area contributed by atoms with Crippen molar-refractivity contribution < 1.29 is 9.72 Å². The highest BCUT2D eigenvalue weighted by molar-refractivity contribution is 6.32. The highest BCUT2D eigenvalue weighted by atomic mass is 35.5. The van der Waals surface area contributed by atoms with Crippen LogP contribution in [0.4, 0.5) is 17.2 Å². The number of carbonyl (C=O) groups excluding carboxylic acids is 1. The Kier molecular flexibility index (Phi) is 6.14. The lowest BCUT2D eigenvalue weighted by atomic mass is 10.2. The molecule has 7 nitrogen and oxygen atoms in total. The molecule has 0 spiro atoms. The minimum atomic E-state index is -0.536. The molecule has 0 atom stereocenters. The van der Waals surface area contributed by atoms with Crippen LogP contribution in [0.15, 0.2) is 36.5 Å². The number of anilines is 2. The van der Waals surface area contributed by atoms with E-state index in [1.807, 2.05) is 6.07 Å². The number of hydrogen-bond donors (Lipinski definition) is 0. The lowest BCUT2D eigenvalue weighted by molar-refractivity contribution is -0.384. The van der Waals surface area contributed by atoms with E-state index < -0.39 is 4.92 Å². The van der Waals surface area contributed by atoms with Crippen LogP contribution in [0.1, 0.15) is 37.0 Å². The molecule has 0 N–H and O–H groups in total. The highest BCUT2D eigenvalue weighted by Gasteiger charge is 2.29. The van der Waals surface area contributed by atoms with E-state index >= 15 is 0 Å². The van der Waals surface area contributed by atoms with E-state index in [1.165, 1.54) is 12.1 Å². The van der Waals surface area contributed by atoms with E-state index in [0.29, 0.717) is 23.7 Å². The number of halogens is 1. The first-order valence-corrected chi connectivity index (χ1v) is 9.79. The quantitative estimate of drug-likeness (QED) is 0.478. The molecule has 28 heavy (non-hydrogen) atoms. The summed E-state index contributed by atoms with van der Waals surface area (Å²) in [4.78, 5) is 32.0. The maximum absolute atomic E-state index is 13.2. The Morgan fingerprint density at radius 1 is 1.25 bits per heavy atom. The van der Waals surface area contributed by atoms with Crippen molar-refractivity contribution in [3.63, 3.8) is 0 Å². The number of amides is 1. The van der Waals surface area contributed by atoms with Crippen molar-refractivity contribution in [1.29, 1.82) is 0 Å². The molecule has 3 rings (SSSR count). The second-order valence-corrected chi connectivity index (χ2v) is 7.24. The first-order valence-electron chi connectivity index (χ1n) is 9.41. The van der Waals surface area contributed by atoms with Crippen LogP contribution in [-0.4, -0.2) is 35.4 Å². The van der Waals surface area contributed by atoms with Crippen LogP contribution in [0.25, 0.3) is 0 Å². The molecule has 0 radical (unpaired) electrons. The molecule has 1 aliphatic carbocycles. The molecular formula is C20H23ClN4O3. The Balaban J connectivity index is 1.90. The number of hydrogen-bond acceptors (Lipinski definition) is 5. The molecule has 8 heteroatoms. The third-order valence-electron chi connectivity index (χ3n) is 4.90. The van der Waals surface area contributed by atoms with Gasteiger partial charge in [0.15, 0.2) is 0 Å². The van der Waals surface area contributed by atoms with Gasteiger partial charge in [0.25, 0.3) is 11.6 Å². The van der Waals surface area contributed by atoms with Gasteiger partial charge in [-0.05, 0) is 56.9 Å². The number of rotatable bonds is 8. The minimum absolute atomic E-state index is 0.0535. The zero-order chi connectivity index (χ0) is 20.3. The van der Waals surface area contributed by atoms with Gasteiger partial charge in [-0.2, -0.15) is 0 Å². The highest BCUT2D eigenvalue weighted by Crippen LogP contribution is 2.35. The number of nitrogens with zero attached hydrogens (tertiary/aromatic N) is 4. The molecule has 1 saturated carbocycles. The average Bonchev–Trinajstić information content (AvgIpc) is 3.52. The second kappa shape index (κ2) is 8.56. The van der Waals surface area contributed by atoms with Gasteiger partial charge in [-0.15, -0.1) is 0 Å². The summed E-state index contributed by atoms with van der Waals surface area (Å²) in [6.45, 7) is 6.29. The number of nitro benzene ring substituents is 1. The maximum atomic E-state index is 13.2. The molecule has 0 aliphatic heterocycles. The Morgan fingerprint density at radius 2 is 1.96 bits per heavy atom. The summed E-state index contributed by atoms with van der Waals surface area (Å²) in [6, 6.07) is 8.06. The number of carbonyl (C=O) groups is 1. The molecule has 0 saturated heterocycles. The monoisotopic (exact) mass is 402 g/mol. The molecule has 1 aromatic heterocycles. The second-order valence-electron chi connectivity index (χ2n) is 6.83. The SMILES string of the molecule is CCN(CC)c1ccc(C(=O)N(CC2CC2)c2ccc(Cl)c([N+](=O)[O-])c2)cn1. The van der Waals surface area contributed by atoms with Crippen molar-refractivity contribution in [2.75, 3.05) is 29.4 Å². The van der Waals surface area contributed by atoms with Crippen molar-refractivity contribution in [1.82, 2.24) is 4.98 Å². The Morgan fingerprint density at radius 3 is 2.50 bits per heavy atom. The predicted octanol–water partition coefficient (Wildman–Crippen LogP) is 4.55. The minimum Gasteiger partial charge on any atom is -0.357 e. The molecule has 2 aromatic rings. The fourth-order valence-electron chi connectivity index (χ4n) is 3.08. The van der Waals surface area contributed by atoms with Gasteiger partial charge in [0.05, 0.1) is 16.2 Å². The number of nitro groups is 1. The summed E-state index contributed by atoms with van der Waals surface area (Å²) in [7, 11) is 0. The first kappa shape index (κ1) is 20.1. The third-order valence-corrected chi connectivity index (χ3v) is 5.22. The largest absolute Gasteiger partial charge is 0.357 e. The molecule has 0 unspecified atom stereocenters. The zero-order valence-corrected chi connectivity index (χ0v) is 16.7. The maximum Gasteiger partial charge on any atom is 0.289 e. The molecule has 148 valence electrons. The van der Waals surface area contributed by atoms with Crippen LogP contribution in [0.3, 0.4) is 0 Å². The van der Waals surface area contributed by atoms with E-state index in [1.54, 1.807) is 23.2 Å². The topological polar surface area (TPSA) is 79.6 Å². The van der Waals surface area contributed by atoms with E-state index in [0.717, 1.165) is 31.7 Å². The molecule has 1 amide bonds. The van der Waals surface area contributed by atoms with Gasteiger partial charge in [-0.3, -0.25) is 14.9 Å². The molecule has 1 fully saturated rings. The molecular weight excluding hydrogens is 380 g/mol. The lowest BCUT2D eigenvalue weighted by Gasteiger charge is -2.24. The standard InChI is InChI=1S/C20H23ClN4O3/c1-3-23(4-2)19-10-7-15(12-22-19)20(26)24(13-14-5-6-14)16-8-9-17(21)18(11-16)25(27)28/h7-12,14H,3-6,13H2,1-2H3. The van der Waals surface area contributed by atoms with Crippen LogP contribution in [0.5, 0.6) is 0 Å². The van der Waals surface area contributed by atoms with Crippen molar-refractivity contribution >= 4 is 34.7 Å². The number of pyridine rings is 1. The molecule has 1 heterocycles. The van der Waals surface area contributed by atoms with Crippen molar-refractivity contribution in [3.05, 3.63) is 57.2 Å². The van der Waals surface area contributed by atoms with Gasteiger partial charge in [0.1, 0.15) is 10.8 Å². The summed E-state index contributed by atoms with van der Waals surface area (Å²) in [5.74, 6) is 1.01. The fraction of sp³-hybridized carbons (Fsp3) is 0.400. The summed E-state index contributed by atoms with van der Waals surface area (Å²) in [5.41, 5.74) is 0.720. The predicted molar refractivity (Wildman–Crippen MR) is 110 cm³/mol. The Labute approximate surface area is 169 Å². The van der Waals surface area contributed by atoms with Crippen LogP contribution < -0.4 is 9.80 Å². The average molecular weight is 403 g/mol. The third kappa shape index (κ3) is 4.42.